The van der Waals surface area contributed by atoms with Gasteiger partial charge in [0.05, 0.1) is 6.61 Å². The topological polar surface area (TPSA) is 24.5 Å². The van der Waals surface area contributed by atoms with Crippen LogP contribution in [-0.4, -0.2) is 44.2 Å². The lowest BCUT2D eigenvalue weighted by Crippen LogP contribution is -2.45. The molecule has 2 aliphatic heterocycles. The number of piperidine rings is 1. The van der Waals surface area contributed by atoms with Crippen LogP contribution < -0.4 is 10.1 Å². The van der Waals surface area contributed by atoms with E-state index in [9.17, 15) is 0 Å². The summed E-state index contributed by atoms with van der Waals surface area (Å²) in [6.07, 6.45) is 3.77. The Morgan fingerprint density at radius 2 is 2.21 bits per heavy atom. The van der Waals surface area contributed by atoms with Gasteiger partial charge in [-0.2, -0.15) is 0 Å². The summed E-state index contributed by atoms with van der Waals surface area (Å²) in [4.78, 5) is 2.54. The molecule has 19 heavy (non-hydrogen) atoms. The van der Waals surface area contributed by atoms with Gasteiger partial charge in [0.1, 0.15) is 5.75 Å². The highest BCUT2D eigenvalue weighted by Crippen LogP contribution is 2.34. The summed E-state index contributed by atoms with van der Waals surface area (Å²) in [6, 6.07) is 9.22. The van der Waals surface area contributed by atoms with Crippen molar-refractivity contribution in [1.29, 1.82) is 0 Å². The molecular formula is C16H24N2O. The van der Waals surface area contributed by atoms with Crippen molar-refractivity contribution in [3.8, 4) is 5.75 Å². The Balaban J connectivity index is 1.66. The zero-order chi connectivity index (χ0) is 13.1. The van der Waals surface area contributed by atoms with Crippen molar-refractivity contribution in [2.75, 3.05) is 33.3 Å². The van der Waals surface area contributed by atoms with Gasteiger partial charge in [-0.1, -0.05) is 18.2 Å². The van der Waals surface area contributed by atoms with Crippen molar-refractivity contribution in [3.63, 3.8) is 0 Å². The molecule has 0 bridgehead atoms. The van der Waals surface area contributed by atoms with E-state index in [4.69, 9.17) is 4.74 Å². The standard InChI is InChI=1S/C16H24N2O/c1-18(14-5-4-9-17-11-14)12-13-8-10-19-16-7-3-2-6-15(13)16/h2-3,6-7,13-14,17H,4-5,8-12H2,1H3. The van der Waals surface area contributed by atoms with Crippen LogP contribution in [0.25, 0.3) is 0 Å². The lowest BCUT2D eigenvalue weighted by Gasteiger charge is -2.35. The summed E-state index contributed by atoms with van der Waals surface area (Å²) in [7, 11) is 2.27. The third-order valence-electron chi connectivity index (χ3n) is 4.49. The molecule has 2 heterocycles. The maximum atomic E-state index is 5.75. The van der Waals surface area contributed by atoms with Crippen molar-refractivity contribution in [2.45, 2.75) is 31.2 Å². The number of rotatable bonds is 3. The van der Waals surface area contributed by atoms with Crippen LogP contribution >= 0.6 is 0 Å². The summed E-state index contributed by atoms with van der Waals surface area (Å²) in [6.45, 7) is 4.33. The molecule has 0 amide bonds. The summed E-state index contributed by atoms with van der Waals surface area (Å²) in [5.74, 6) is 1.71. The molecule has 0 radical (unpaired) electrons. The number of fused-ring (bicyclic) bond motifs is 1. The molecule has 0 aromatic heterocycles. The molecule has 2 unspecified atom stereocenters. The van der Waals surface area contributed by atoms with Crippen LogP contribution in [-0.2, 0) is 0 Å². The molecule has 1 saturated heterocycles. The van der Waals surface area contributed by atoms with Crippen LogP contribution in [0, 0.1) is 0 Å². The van der Waals surface area contributed by atoms with Crippen LogP contribution in [0.15, 0.2) is 24.3 Å². The number of hydrogen-bond acceptors (Lipinski definition) is 3. The third kappa shape index (κ3) is 2.93. The van der Waals surface area contributed by atoms with Gasteiger partial charge in [-0.3, -0.25) is 0 Å². The quantitative estimate of drug-likeness (QED) is 0.902. The highest BCUT2D eigenvalue weighted by atomic mass is 16.5. The molecule has 1 N–H and O–H groups in total. The molecule has 3 nitrogen and oxygen atoms in total. The molecular weight excluding hydrogens is 236 g/mol. The average Bonchev–Trinajstić information content (AvgIpc) is 2.48. The van der Waals surface area contributed by atoms with E-state index in [1.54, 1.807) is 0 Å². The van der Waals surface area contributed by atoms with Crippen LogP contribution in [0.5, 0.6) is 5.75 Å². The fourth-order valence-corrected chi connectivity index (χ4v) is 3.31. The van der Waals surface area contributed by atoms with Gasteiger partial charge >= 0.3 is 0 Å². The molecule has 0 aliphatic carbocycles. The Hall–Kier alpha value is -1.06. The Labute approximate surface area is 115 Å². The summed E-state index contributed by atoms with van der Waals surface area (Å²) >= 11 is 0. The molecule has 0 spiro atoms. The minimum atomic E-state index is 0.622. The Bertz CT molecular complexity index is 415. The number of para-hydroxylation sites is 1. The highest BCUT2D eigenvalue weighted by molar-refractivity contribution is 5.37. The first kappa shape index (κ1) is 12.9. The Morgan fingerprint density at radius 1 is 1.32 bits per heavy atom. The molecule has 1 aromatic rings. The number of nitrogens with zero attached hydrogens (tertiary/aromatic N) is 1. The maximum absolute atomic E-state index is 5.75. The van der Waals surface area contributed by atoms with E-state index in [0.29, 0.717) is 12.0 Å². The average molecular weight is 260 g/mol. The van der Waals surface area contributed by atoms with E-state index in [-0.39, 0.29) is 0 Å². The Morgan fingerprint density at radius 3 is 3.05 bits per heavy atom. The molecule has 104 valence electrons. The van der Waals surface area contributed by atoms with Crippen LogP contribution in [0.2, 0.25) is 0 Å². The molecule has 1 fully saturated rings. The number of benzene rings is 1. The second kappa shape index (κ2) is 5.93. The van der Waals surface area contributed by atoms with Gasteiger partial charge in [-0.15, -0.1) is 0 Å². The van der Waals surface area contributed by atoms with Crippen molar-refractivity contribution in [1.82, 2.24) is 10.2 Å². The fourth-order valence-electron chi connectivity index (χ4n) is 3.31. The normalized spacial score (nSPS) is 26.8. The van der Waals surface area contributed by atoms with Gasteiger partial charge in [0.25, 0.3) is 0 Å². The monoisotopic (exact) mass is 260 g/mol. The van der Waals surface area contributed by atoms with Crippen molar-refractivity contribution >= 4 is 0 Å². The van der Waals surface area contributed by atoms with E-state index in [1.165, 1.54) is 24.9 Å². The van der Waals surface area contributed by atoms with Gasteiger partial charge in [0.15, 0.2) is 0 Å². The van der Waals surface area contributed by atoms with Crippen LogP contribution in [0.4, 0.5) is 0 Å². The molecule has 3 rings (SSSR count). The number of nitrogens with one attached hydrogen (secondary N) is 1. The van der Waals surface area contributed by atoms with Gasteiger partial charge in [-0.25, -0.2) is 0 Å². The van der Waals surface area contributed by atoms with Gasteiger partial charge in [0, 0.05) is 25.0 Å². The number of hydrogen-bond donors (Lipinski definition) is 1. The smallest absolute Gasteiger partial charge is 0.122 e. The minimum Gasteiger partial charge on any atom is -0.493 e. The van der Waals surface area contributed by atoms with Crippen LogP contribution in [0.3, 0.4) is 0 Å². The predicted octanol–water partition coefficient (Wildman–Crippen LogP) is 2.24. The minimum absolute atomic E-state index is 0.622. The summed E-state index contributed by atoms with van der Waals surface area (Å²) < 4.78 is 5.75. The SMILES string of the molecule is CN(CC1CCOc2ccccc21)C1CCCNC1. The largest absolute Gasteiger partial charge is 0.493 e. The highest BCUT2D eigenvalue weighted by Gasteiger charge is 2.25. The van der Waals surface area contributed by atoms with Crippen molar-refractivity contribution < 1.29 is 4.74 Å². The van der Waals surface area contributed by atoms with Gasteiger partial charge in [0.2, 0.25) is 0 Å². The van der Waals surface area contributed by atoms with Crippen molar-refractivity contribution in [3.05, 3.63) is 29.8 Å². The summed E-state index contributed by atoms with van der Waals surface area (Å²) in [5.41, 5.74) is 1.39. The zero-order valence-electron chi connectivity index (χ0n) is 11.8. The zero-order valence-corrected chi connectivity index (χ0v) is 11.8. The van der Waals surface area contributed by atoms with Crippen LogP contribution in [0.1, 0.15) is 30.7 Å². The molecule has 2 aliphatic rings. The maximum Gasteiger partial charge on any atom is 0.122 e. The van der Waals surface area contributed by atoms with Gasteiger partial charge in [-0.05, 0) is 44.5 Å². The van der Waals surface area contributed by atoms with Crippen molar-refractivity contribution in [2.24, 2.45) is 0 Å². The Kier molecular flexibility index (Phi) is 4.04. The fraction of sp³-hybridized carbons (Fsp3) is 0.625. The predicted molar refractivity (Wildman–Crippen MR) is 77.8 cm³/mol. The van der Waals surface area contributed by atoms with Gasteiger partial charge < -0.3 is 15.0 Å². The number of ether oxygens (including phenoxy) is 1. The van der Waals surface area contributed by atoms with E-state index in [0.717, 1.165) is 31.9 Å². The first-order valence-corrected chi connectivity index (χ1v) is 7.47. The molecule has 2 atom stereocenters. The van der Waals surface area contributed by atoms with E-state index < -0.39 is 0 Å². The number of likely N-dealkylation sites (N-methyl/N-ethyl adjacent to an activating group) is 1. The molecule has 3 heteroatoms. The molecule has 0 saturated carbocycles. The second-order valence-electron chi connectivity index (χ2n) is 5.81. The lowest BCUT2D eigenvalue weighted by atomic mass is 9.92. The third-order valence-corrected chi connectivity index (χ3v) is 4.49. The van der Waals surface area contributed by atoms with E-state index in [1.807, 2.05) is 0 Å². The van der Waals surface area contributed by atoms with E-state index >= 15 is 0 Å². The van der Waals surface area contributed by atoms with E-state index in [2.05, 4.69) is 41.5 Å². The summed E-state index contributed by atoms with van der Waals surface area (Å²) in [5, 5.41) is 3.51. The molecule has 1 aromatic carbocycles. The second-order valence-corrected chi connectivity index (χ2v) is 5.81. The first-order chi connectivity index (χ1) is 9.34. The lowest BCUT2D eigenvalue weighted by molar-refractivity contribution is 0.173. The first-order valence-electron chi connectivity index (χ1n) is 7.47.